The molecule has 2 aromatic carbocycles. The number of carboxylic acids is 1. The van der Waals surface area contributed by atoms with Crippen LogP contribution in [-0.4, -0.2) is 44.2 Å². The quantitative estimate of drug-likeness (QED) is 0.508. The topological polar surface area (TPSA) is 67.5 Å². The number of hydrogen-bond donors (Lipinski definition) is 1. The normalized spacial score (nSPS) is 16.6. The van der Waals surface area contributed by atoms with Gasteiger partial charge < -0.3 is 5.11 Å². The molecule has 166 valence electrons. The lowest BCUT2D eigenvalue weighted by Gasteiger charge is -2.23. The van der Waals surface area contributed by atoms with Crippen LogP contribution in [0.15, 0.2) is 35.1 Å². The van der Waals surface area contributed by atoms with Gasteiger partial charge in [0.25, 0.3) is 0 Å². The van der Waals surface area contributed by atoms with Crippen LogP contribution >= 0.6 is 47.2 Å². The molecule has 6 nitrogen and oxygen atoms in total. The van der Waals surface area contributed by atoms with Crippen LogP contribution in [0.2, 0.25) is 15.1 Å². The van der Waals surface area contributed by atoms with Crippen molar-refractivity contribution < 1.29 is 9.90 Å². The van der Waals surface area contributed by atoms with E-state index in [1.807, 2.05) is 0 Å². The molecule has 0 amide bonds. The van der Waals surface area contributed by atoms with Gasteiger partial charge in [0.15, 0.2) is 0 Å². The van der Waals surface area contributed by atoms with Gasteiger partial charge in [0.1, 0.15) is 0 Å². The summed E-state index contributed by atoms with van der Waals surface area (Å²) in [7, 11) is 0. The number of aromatic nitrogens is 2. The van der Waals surface area contributed by atoms with E-state index in [0.29, 0.717) is 33.3 Å². The molecule has 10 heteroatoms. The molecule has 1 aliphatic rings. The maximum Gasteiger partial charge on any atom is 0.335 e. The highest BCUT2D eigenvalue weighted by atomic mass is 35.5. The van der Waals surface area contributed by atoms with Crippen LogP contribution in [0.25, 0.3) is 16.7 Å². The van der Waals surface area contributed by atoms with E-state index in [1.165, 1.54) is 16.7 Å². The third-order valence-electron chi connectivity index (χ3n) is 5.68. The summed E-state index contributed by atoms with van der Waals surface area (Å²) < 4.78 is 3.05. The molecule has 0 aliphatic carbocycles. The van der Waals surface area contributed by atoms with Crippen LogP contribution < -0.4 is 5.69 Å². The maximum absolute atomic E-state index is 13.6. The number of nitrogens with zero attached hydrogens (tertiary/aromatic N) is 3. The number of carboxylic acid groups (broad SMARTS) is 1. The molecule has 4 rings (SSSR count). The molecule has 31 heavy (non-hydrogen) atoms. The highest BCUT2D eigenvalue weighted by Gasteiger charge is 2.27. The summed E-state index contributed by atoms with van der Waals surface area (Å²) >= 11 is 18.9. The largest absolute Gasteiger partial charge is 0.478 e. The number of rotatable bonds is 5. The van der Waals surface area contributed by atoms with Gasteiger partial charge in [-0.2, -0.15) is 0 Å². The van der Waals surface area contributed by atoms with Gasteiger partial charge in [-0.25, -0.2) is 9.59 Å². The van der Waals surface area contributed by atoms with Gasteiger partial charge in [-0.15, -0.1) is 12.4 Å². The average molecular weight is 505 g/mol. The Hall–Kier alpha value is -1.70. The SMILES string of the molecule is CCN1CCCC1Cn1c(=O)n(-c2ccc(Cl)cc2Cl)c2c(Cl)cc(C(=O)O)cc21.Cl. The van der Waals surface area contributed by atoms with Gasteiger partial charge >= 0.3 is 11.7 Å². The van der Waals surface area contributed by atoms with Crippen molar-refractivity contribution in [3.63, 3.8) is 0 Å². The van der Waals surface area contributed by atoms with Crippen LogP contribution in [0.5, 0.6) is 0 Å². The fraction of sp³-hybridized carbons (Fsp3) is 0.333. The first-order chi connectivity index (χ1) is 14.3. The lowest BCUT2D eigenvalue weighted by Crippen LogP contribution is -2.36. The Morgan fingerprint density at radius 2 is 1.90 bits per heavy atom. The lowest BCUT2D eigenvalue weighted by molar-refractivity contribution is 0.0697. The zero-order chi connectivity index (χ0) is 21.6. The molecule has 1 aromatic heterocycles. The molecule has 0 spiro atoms. The number of hydrogen-bond acceptors (Lipinski definition) is 3. The smallest absolute Gasteiger partial charge is 0.335 e. The molecule has 1 fully saturated rings. The Kier molecular flexibility index (Phi) is 7.28. The third-order valence-corrected chi connectivity index (χ3v) is 6.50. The number of aromatic carboxylic acids is 1. The molecule has 1 unspecified atom stereocenters. The summed E-state index contributed by atoms with van der Waals surface area (Å²) in [6.45, 7) is 4.42. The Morgan fingerprint density at radius 3 is 2.55 bits per heavy atom. The van der Waals surface area contributed by atoms with Crippen molar-refractivity contribution in [3.05, 3.63) is 61.4 Å². The minimum atomic E-state index is -1.11. The van der Waals surface area contributed by atoms with E-state index in [-0.39, 0.29) is 34.7 Å². The second kappa shape index (κ2) is 9.43. The number of carbonyl (C=O) groups is 1. The molecule has 0 radical (unpaired) electrons. The predicted molar refractivity (Wildman–Crippen MR) is 127 cm³/mol. The second-order valence-electron chi connectivity index (χ2n) is 7.38. The fourth-order valence-electron chi connectivity index (χ4n) is 4.25. The summed E-state index contributed by atoms with van der Waals surface area (Å²) in [5, 5.41) is 10.4. The molecular weight excluding hydrogens is 484 g/mol. The number of likely N-dealkylation sites (tertiary alicyclic amines) is 1. The first-order valence-electron chi connectivity index (χ1n) is 9.69. The Morgan fingerprint density at radius 1 is 1.16 bits per heavy atom. The Labute approximate surface area is 200 Å². The van der Waals surface area contributed by atoms with Crippen molar-refractivity contribution in [2.45, 2.75) is 32.4 Å². The van der Waals surface area contributed by atoms with Gasteiger partial charge in [0.2, 0.25) is 0 Å². The van der Waals surface area contributed by atoms with E-state index in [9.17, 15) is 14.7 Å². The minimum Gasteiger partial charge on any atom is -0.478 e. The predicted octanol–water partition coefficient (Wildman–Crippen LogP) is 5.36. The van der Waals surface area contributed by atoms with Crippen LogP contribution in [0.3, 0.4) is 0 Å². The van der Waals surface area contributed by atoms with Crippen LogP contribution in [0, 0.1) is 0 Å². The molecule has 3 aromatic rings. The van der Waals surface area contributed by atoms with Crippen molar-refractivity contribution in [2.75, 3.05) is 13.1 Å². The fourth-order valence-corrected chi connectivity index (χ4v) is 5.04. The summed E-state index contributed by atoms with van der Waals surface area (Å²) in [5.74, 6) is -1.11. The summed E-state index contributed by atoms with van der Waals surface area (Å²) in [5.41, 5.74) is 1.05. The van der Waals surface area contributed by atoms with Gasteiger partial charge in [0, 0.05) is 17.6 Å². The van der Waals surface area contributed by atoms with Crippen LogP contribution in [0.1, 0.15) is 30.1 Å². The highest BCUT2D eigenvalue weighted by molar-refractivity contribution is 6.37. The Bertz CT molecular complexity index is 1200. The molecule has 0 bridgehead atoms. The summed E-state index contributed by atoms with van der Waals surface area (Å²) in [6, 6.07) is 7.91. The molecule has 2 heterocycles. The zero-order valence-corrected chi connectivity index (χ0v) is 19.7. The van der Waals surface area contributed by atoms with Crippen LogP contribution in [-0.2, 0) is 6.54 Å². The van der Waals surface area contributed by atoms with Gasteiger partial charge in [0.05, 0.1) is 32.3 Å². The number of halogens is 4. The summed E-state index contributed by atoms with van der Waals surface area (Å²) in [4.78, 5) is 27.5. The molecule has 1 N–H and O–H groups in total. The number of benzene rings is 2. The highest BCUT2D eigenvalue weighted by Crippen LogP contribution is 2.32. The second-order valence-corrected chi connectivity index (χ2v) is 8.63. The Balaban J connectivity index is 0.00000272. The van der Waals surface area contributed by atoms with Gasteiger partial charge in [-0.05, 0) is 56.3 Å². The van der Waals surface area contributed by atoms with E-state index < -0.39 is 5.97 Å². The van der Waals surface area contributed by atoms with Crippen molar-refractivity contribution in [1.29, 1.82) is 0 Å². The summed E-state index contributed by atoms with van der Waals surface area (Å²) in [6.07, 6.45) is 2.04. The van der Waals surface area contributed by atoms with E-state index in [4.69, 9.17) is 34.8 Å². The van der Waals surface area contributed by atoms with Crippen molar-refractivity contribution in [1.82, 2.24) is 14.0 Å². The van der Waals surface area contributed by atoms with Gasteiger partial charge in [-0.3, -0.25) is 14.0 Å². The monoisotopic (exact) mass is 503 g/mol. The van der Waals surface area contributed by atoms with Crippen molar-refractivity contribution in [3.8, 4) is 5.69 Å². The van der Waals surface area contributed by atoms with E-state index >= 15 is 0 Å². The van der Waals surface area contributed by atoms with Gasteiger partial charge in [-0.1, -0.05) is 41.7 Å². The minimum absolute atomic E-state index is 0. The first kappa shape index (κ1) is 24.0. The number of imidazole rings is 1. The van der Waals surface area contributed by atoms with E-state index in [1.54, 1.807) is 22.8 Å². The molecular formula is C21H21Cl4N3O3. The van der Waals surface area contributed by atoms with Crippen molar-refractivity contribution >= 4 is 64.2 Å². The molecule has 1 saturated heterocycles. The first-order valence-corrected chi connectivity index (χ1v) is 10.8. The molecule has 1 atom stereocenters. The molecule has 1 aliphatic heterocycles. The lowest BCUT2D eigenvalue weighted by atomic mass is 10.1. The number of likely N-dealkylation sites (N-methyl/N-ethyl adjacent to an activating group) is 1. The van der Waals surface area contributed by atoms with Crippen LogP contribution in [0.4, 0.5) is 0 Å². The van der Waals surface area contributed by atoms with E-state index in [2.05, 4.69) is 11.8 Å². The zero-order valence-electron chi connectivity index (χ0n) is 16.6. The maximum atomic E-state index is 13.6. The molecule has 0 saturated carbocycles. The van der Waals surface area contributed by atoms with Crippen molar-refractivity contribution in [2.24, 2.45) is 0 Å². The average Bonchev–Trinajstić information content (AvgIpc) is 3.25. The van der Waals surface area contributed by atoms with E-state index in [0.717, 1.165) is 25.9 Å². The standard InChI is InChI=1S/C21H20Cl3N3O3.ClH/c1-2-25-7-3-4-14(25)11-26-18-9-12(20(28)29)8-16(24)19(18)27(21(26)30)17-6-5-13(22)10-15(17)23;/h5-6,8-10,14H,2-4,7,11H2,1H3,(H,28,29);1H. The number of fused-ring (bicyclic) bond motifs is 1. The third kappa shape index (κ3) is 4.32.